The number of benzene rings is 1. The number of hydrogen-bond donors (Lipinski definition) is 0. The lowest BCUT2D eigenvalue weighted by molar-refractivity contribution is -0.144. The highest BCUT2D eigenvalue weighted by Crippen LogP contribution is 2.22. The van der Waals surface area contributed by atoms with Gasteiger partial charge in [-0.25, -0.2) is 0 Å². The van der Waals surface area contributed by atoms with Crippen LogP contribution in [0.4, 0.5) is 0 Å². The van der Waals surface area contributed by atoms with Crippen molar-refractivity contribution in [2.75, 3.05) is 7.11 Å². The lowest BCUT2D eigenvalue weighted by Crippen LogP contribution is -2.20. The van der Waals surface area contributed by atoms with Gasteiger partial charge in [0.25, 0.3) is 0 Å². The van der Waals surface area contributed by atoms with Crippen LogP contribution in [0.1, 0.15) is 18.4 Å². The third kappa shape index (κ3) is 4.99. The van der Waals surface area contributed by atoms with Crippen LogP contribution in [-0.2, 0) is 20.7 Å². The Labute approximate surface area is 121 Å². The molecular formula is C15H17BrO3. The van der Waals surface area contributed by atoms with Gasteiger partial charge in [-0.15, -0.1) is 6.58 Å². The van der Waals surface area contributed by atoms with Gasteiger partial charge in [-0.2, -0.15) is 0 Å². The Morgan fingerprint density at radius 3 is 2.68 bits per heavy atom. The fraction of sp³-hybridized carbons (Fsp3) is 0.333. The van der Waals surface area contributed by atoms with E-state index < -0.39 is 5.97 Å². The van der Waals surface area contributed by atoms with Crippen molar-refractivity contribution in [1.82, 2.24) is 0 Å². The Hall–Kier alpha value is -1.42. The van der Waals surface area contributed by atoms with Crippen LogP contribution >= 0.6 is 15.9 Å². The quantitative estimate of drug-likeness (QED) is 0.439. The van der Waals surface area contributed by atoms with Gasteiger partial charge in [0, 0.05) is 10.4 Å². The van der Waals surface area contributed by atoms with E-state index in [1.165, 1.54) is 7.11 Å². The summed E-state index contributed by atoms with van der Waals surface area (Å²) in [5.74, 6) is -0.844. The van der Waals surface area contributed by atoms with E-state index in [4.69, 9.17) is 0 Å². The first-order valence-corrected chi connectivity index (χ1v) is 6.81. The third-order valence-electron chi connectivity index (χ3n) is 2.88. The number of hydrogen-bond acceptors (Lipinski definition) is 3. The molecule has 0 fully saturated rings. The van der Waals surface area contributed by atoms with Gasteiger partial charge in [0.05, 0.1) is 7.11 Å². The van der Waals surface area contributed by atoms with Crippen molar-refractivity contribution in [2.24, 2.45) is 5.92 Å². The van der Waals surface area contributed by atoms with E-state index in [9.17, 15) is 9.59 Å². The van der Waals surface area contributed by atoms with Crippen molar-refractivity contribution in [1.29, 1.82) is 0 Å². The van der Waals surface area contributed by atoms with Crippen LogP contribution in [0.3, 0.4) is 0 Å². The monoisotopic (exact) mass is 324 g/mol. The molecule has 0 saturated heterocycles. The lowest BCUT2D eigenvalue weighted by Gasteiger charge is -2.14. The maximum absolute atomic E-state index is 12.1. The fourth-order valence-electron chi connectivity index (χ4n) is 1.82. The molecule has 4 heteroatoms. The number of ether oxygens (including phenoxy) is 1. The molecule has 0 aliphatic rings. The SMILES string of the molecule is C=CCC(Cc1ccccc1Br)C(=O)CC(=O)OC. The van der Waals surface area contributed by atoms with E-state index >= 15 is 0 Å². The number of carbonyl (C=O) groups is 2. The fourth-order valence-corrected chi connectivity index (χ4v) is 2.26. The van der Waals surface area contributed by atoms with E-state index in [0.717, 1.165) is 10.0 Å². The minimum atomic E-state index is -0.494. The van der Waals surface area contributed by atoms with Gasteiger partial charge in [-0.1, -0.05) is 40.2 Å². The third-order valence-corrected chi connectivity index (χ3v) is 3.65. The van der Waals surface area contributed by atoms with Crippen LogP contribution in [0.2, 0.25) is 0 Å². The summed E-state index contributed by atoms with van der Waals surface area (Å²) in [5.41, 5.74) is 1.05. The molecule has 0 bridgehead atoms. The Balaban J connectivity index is 2.78. The highest BCUT2D eigenvalue weighted by Gasteiger charge is 2.21. The molecule has 0 N–H and O–H groups in total. The number of carbonyl (C=O) groups excluding carboxylic acids is 2. The molecule has 1 atom stereocenters. The molecule has 1 rings (SSSR count). The second-order valence-corrected chi connectivity index (χ2v) is 5.09. The van der Waals surface area contributed by atoms with Crippen molar-refractivity contribution in [3.8, 4) is 0 Å². The van der Waals surface area contributed by atoms with Gasteiger partial charge in [-0.3, -0.25) is 9.59 Å². The molecule has 0 amide bonds. The Kier molecular flexibility index (Phi) is 6.50. The summed E-state index contributed by atoms with van der Waals surface area (Å²) in [6.45, 7) is 3.67. The van der Waals surface area contributed by atoms with Crippen LogP contribution in [-0.4, -0.2) is 18.9 Å². The zero-order valence-corrected chi connectivity index (χ0v) is 12.5. The standard InChI is InChI=1S/C15H17BrO3/c1-3-6-12(14(17)10-15(18)19-2)9-11-7-4-5-8-13(11)16/h3-5,7-8,12H,1,6,9-10H2,2H3. The summed E-state index contributed by atoms with van der Waals surface area (Å²) in [6.07, 6.45) is 2.66. The minimum Gasteiger partial charge on any atom is -0.469 e. The molecule has 102 valence electrons. The molecule has 0 heterocycles. The van der Waals surface area contributed by atoms with Crippen LogP contribution in [0.5, 0.6) is 0 Å². The second-order valence-electron chi connectivity index (χ2n) is 4.24. The van der Waals surface area contributed by atoms with Gasteiger partial charge < -0.3 is 4.74 Å². The van der Waals surface area contributed by atoms with Crippen molar-refractivity contribution in [2.45, 2.75) is 19.3 Å². The van der Waals surface area contributed by atoms with Crippen LogP contribution in [0.15, 0.2) is 41.4 Å². The summed E-state index contributed by atoms with van der Waals surface area (Å²) in [5, 5.41) is 0. The summed E-state index contributed by atoms with van der Waals surface area (Å²) in [7, 11) is 1.28. The zero-order valence-electron chi connectivity index (χ0n) is 10.9. The summed E-state index contributed by atoms with van der Waals surface area (Å²) >= 11 is 3.46. The van der Waals surface area contributed by atoms with Gasteiger partial charge in [0.2, 0.25) is 0 Å². The molecule has 0 radical (unpaired) electrons. The molecule has 0 spiro atoms. The highest BCUT2D eigenvalue weighted by atomic mass is 79.9. The maximum atomic E-state index is 12.1. The molecule has 3 nitrogen and oxygen atoms in total. The normalized spacial score (nSPS) is 11.7. The smallest absolute Gasteiger partial charge is 0.313 e. The van der Waals surface area contributed by atoms with Gasteiger partial charge >= 0.3 is 5.97 Å². The summed E-state index contributed by atoms with van der Waals surface area (Å²) < 4.78 is 5.50. The molecule has 0 saturated carbocycles. The minimum absolute atomic E-state index is 0.109. The van der Waals surface area contributed by atoms with Crippen molar-refractivity contribution in [3.63, 3.8) is 0 Å². The number of Topliss-reactive ketones (excluding diaryl/α,β-unsaturated/α-hetero) is 1. The highest BCUT2D eigenvalue weighted by molar-refractivity contribution is 9.10. The number of allylic oxidation sites excluding steroid dienone is 1. The van der Waals surface area contributed by atoms with Gasteiger partial charge in [-0.05, 0) is 24.5 Å². The van der Waals surface area contributed by atoms with E-state index in [-0.39, 0.29) is 18.1 Å². The molecule has 1 aromatic rings. The second kappa shape index (κ2) is 7.89. The number of ketones is 1. The van der Waals surface area contributed by atoms with Crippen molar-refractivity contribution in [3.05, 3.63) is 47.0 Å². The molecule has 0 aliphatic carbocycles. The first-order chi connectivity index (χ1) is 9.08. The number of esters is 1. The molecule has 19 heavy (non-hydrogen) atoms. The molecule has 1 aromatic carbocycles. The van der Waals surface area contributed by atoms with Gasteiger partial charge in [0.1, 0.15) is 12.2 Å². The maximum Gasteiger partial charge on any atom is 0.313 e. The first kappa shape index (κ1) is 15.6. The van der Waals surface area contributed by atoms with Crippen LogP contribution in [0, 0.1) is 5.92 Å². The predicted octanol–water partition coefficient (Wildman–Crippen LogP) is 3.32. The Morgan fingerprint density at radius 1 is 1.42 bits per heavy atom. The number of methoxy groups -OCH3 is 1. The topological polar surface area (TPSA) is 43.4 Å². The summed E-state index contributed by atoms with van der Waals surface area (Å²) in [4.78, 5) is 23.2. The average molecular weight is 325 g/mol. The molecule has 0 aromatic heterocycles. The predicted molar refractivity (Wildman–Crippen MR) is 77.8 cm³/mol. The largest absolute Gasteiger partial charge is 0.469 e. The first-order valence-electron chi connectivity index (χ1n) is 6.02. The molecule has 0 aliphatic heterocycles. The van der Waals surface area contributed by atoms with E-state index in [2.05, 4.69) is 27.2 Å². The lowest BCUT2D eigenvalue weighted by atomic mass is 9.91. The molecular weight excluding hydrogens is 308 g/mol. The van der Waals surface area contributed by atoms with Crippen molar-refractivity contribution >= 4 is 27.7 Å². The Morgan fingerprint density at radius 2 is 2.11 bits per heavy atom. The Bertz CT molecular complexity index is 468. The average Bonchev–Trinajstić information content (AvgIpc) is 2.40. The molecule has 1 unspecified atom stereocenters. The van der Waals surface area contributed by atoms with Gasteiger partial charge in [0.15, 0.2) is 0 Å². The number of halogens is 1. The van der Waals surface area contributed by atoms with Crippen molar-refractivity contribution < 1.29 is 14.3 Å². The van der Waals surface area contributed by atoms with E-state index in [1.54, 1.807) is 6.08 Å². The zero-order chi connectivity index (χ0) is 14.3. The van der Waals surface area contributed by atoms with Crippen LogP contribution < -0.4 is 0 Å². The number of rotatable bonds is 7. The van der Waals surface area contributed by atoms with E-state index in [0.29, 0.717) is 12.8 Å². The van der Waals surface area contributed by atoms with E-state index in [1.807, 2.05) is 24.3 Å². The summed E-state index contributed by atoms with van der Waals surface area (Å²) in [6, 6.07) is 7.75. The van der Waals surface area contributed by atoms with Crippen LogP contribution in [0.25, 0.3) is 0 Å².